The van der Waals surface area contributed by atoms with E-state index < -0.39 is 24.0 Å². The van der Waals surface area contributed by atoms with E-state index in [1.54, 1.807) is 18.2 Å². The maximum atomic E-state index is 12.0. The van der Waals surface area contributed by atoms with E-state index in [2.05, 4.69) is 10.6 Å². The van der Waals surface area contributed by atoms with E-state index in [9.17, 15) is 14.4 Å². The molecule has 3 amide bonds. The molecule has 0 aromatic heterocycles. The highest BCUT2D eigenvalue weighted by atomic mass is 16.5. The Labute approximate surface area is 142 Å². The third-order valence-corrected chi connectivity index (χ3v) is 4.08. The molecule has 1 fully saturated rings. The Balaban J connectivity index is 1.80. The van der Waals surface area contributed by atoms with Crippen molar-refractivity contribution in [3.8, 4) is 0 Å². The van der Waals surface area contributed by atoms with Gasteiger partial charge in [0.1, 0.15) is 0 Å². The van der Waals surface area contributed by atoms with E-state index in [0.717, 1.165) is 31.2 Å². The maximum absolute atomic E-state index is 12.0. The average Bonchev–Trinajstić information content (AvgIpc) is 2.55. The lowest BCUT2D eigenvalue weighted by Gasteiger charge is -2.23. The number of aryl methyl sites for hydroxylation is 1. The quantitative estimate of drug-likeness (QED) is 0.830. The average molecular weight is 332 g/mol. The lowest BCUT2D eigenvalue weighted by Crippen LogP contribution is -2.48. The van der Waals surface area contributed by atoms with Crippen molar-refractivity contribution < 1.29 is 19.1 Å². The lowest BCUT2D eigenvalue weighted by molar-refractivity contribution is -0.127. The maximum Gasteiger partial charge on any atom is 0.338 e. The van der Waals surface area contributed by atoms with Crippen LogP contribution >= 0.6 is 0 Å². The summed E-state index contributed by atoms with van der Waals surface area (Å²) in [5, 5.41) is 5.01. The van der Waals surface area contributed by atoms with Gasteiger partial charge in [0.05, 0.1) is 5.56 Å². The van der Waals surface area contributed by atoms with Crippen molar-refractivity contribution in [1.82, 2.24) is 10.6 Å². The smallest absolute Gasteiger partial charge is 0.338 e. The molecule has 0 aliphatic heterocycles. The summed E-state index contributed by atoms with van der Waals surface area (Å²) in [5.41, 5.74) is 1.30. The van der Waals surface area contributed by atoms with Crippen LogP contribution < -0.4 is 10.6 Å². The van der Waals surface area contributed by atoms with Crippen LogP contribution in [0.3, 0.4) is 0 Å². The molecule has 0 saturated heterocycles. The summed E-state index contributed by atoms with van der Waals surface area (Å²) >= 11 is 0. The van der Waals surface area contributed by atoms with Crippen LogP contribution in [0.15, 0.2) is 24.3 Å². The first-order valence-electron chi connectivity index (χ1n) is 8.34. The minimum absolute atomic E-state index is 0.108. The van der Waals surface area contributed by atoms with E-state index in [1.807, 2.05) is 13.0 Å². The normalized spacial score (nSPS) is 16.1. The predicted octanol–water partition coefficient (Wildman–Crippen LogP) is 2.70. The molecule has 0 radical (unpaired) electrons. The third-order valence-electron chi connectivity index (χ3n) is 4.08. The summed E-state index contributed by atoms with van der Waals surface area (Å²) in [4.78, 5) is 35.8. The van der Waals surface area contributed by atoms with Gasteiger partial charge in [-0.2, -0.15) is 0 Å². The Morgan fingerprint density at radius 2 is 1.88 bits per heavy atom. The van der Waals surface area contributed by atoms with Crippen LogP contribution in [-0.4, -0.2) is 30.1 Å². The number of carbonyl (C=O) groups is 3. The zero-order valence-corrected chi connectivity index (χ0v) is 14.1. The number of imide groups is 1. The topological polar surface area (TPSA) is 84.5 Å². The predicted molar refractivity (Wildman–Crippen MR) is 89.6 cm³/mol. The van der Waals surface area contributed by atoms with Crippen LogP contribution in [0, 0.1) is 6.92 Å². The Morgan fingerprint density at radius 1 is 1.17 bits per heavy atom. The second-order valence-corrected chi connectivity index (χ2v) is 6.21. The molecule has 1 aromatic carbocycles. The number of hydrogen-bond donors (Lipinski definition) is 2. The molecule has 0 bridgehead atoms. The van der Waals surface area contributed by atoms with E-state index in [0.29, 0.717) is 5.56 Å². The van der Waals surface area contributed by atoms with Gasteiger partial charge in [-0.25, -0.2) is 9.59 Å². The lowest BCUT2D eigenvalue weighted by atomic mass is 9.96. The fourth-order valence-electron chi connectivity index (χ4n) is 2.74. The van der Waals surface area contributed by atoms with Gasteiger partial charge < -0.3 is 10.1 Å². The Morgan fingerprint density at radius 3 is 2.54 bits per heavy atom. The molecule has 2 rings (SSSR count). The van der Waals surface area contributed by atoms with E-state index in [1.165, 1.54) is 13.3 Å². The van der Waals surface area contributed by atoms with Gasteiger partial charge in [0, 0.05) is 6.04 Å². The minimum atomic E-state index is -1.05. The van der Waals surface area contributed by atoms with E-state index in [4.69, 9.17) is 4.74 Å². The molecule has 130 valence electrons. The highest BCUT2D eigenvalue weighted by Crippen LogP contribution is 2.17. The molecular weight excluding hydrogens is 308 g/mol. The number of benzene rings is 1. The molecule has 6 heteroatoms. The number of rotatable bonds is 4. The highest BCUT2D eigenvalue weighted by Gasteiger charge is 2.22. The van der Waals surface area contributed by atoms with Crippen molar-refractivity contribution in [1.29, 1.82) is 0 Å². The second kappa shape index (κ2) is 8.47. The highest BCUT2D eigenvalue weighted by molar-refractivity contribution is 5.98. The number of hydrogen-bond acceptors (Lipinski definition) is 4. The van der Waals surface area contributed by atoms with Crippen LogP contribution in [0.2, 0.25) is 0 Å². The summed E-state index contributed by atoms with van der Waals surface area (Å²) in [6, 6.07) is 6.48. The van der Waals surface area contributed by atoms with Crippen LogP contribution in [0.25, 0.3) is 0 Å². The van der Waals surface area contributed by atoms with Crippen LogP contribution in [0.4, 0.5) is 4.79 Å². The number of esters is 1. The number of amides is 3. The number of ether oxygens (including phenoxy) is 1. The number of carbonyl (C=O) groups excluding carboxylic acids is 3. The standard InChI is InChI=1S/C18H24N2O4/c1-12-7-6-8-14(11-12)17(22)24-13(2)16(21)20-18(23)19-15-9-4-3-5-10-15/h6-8,11,13,15H,3-5,9-10H2,1-2H3,(H2,19,20,21,23). The van der Waals surface area contributed by atoms with Crippen LogP contribution in [-0.2, 0) is 9.53 Å². The summed E-state index contributed by atoms with van der Waals surface area (Å²) in [7, 11) is 0. The van der Waals surface area contributed by atoms with E-state index in [-0.39, 0.29) is 6.04 Å². The van der Waals surface area contributed by atoms with Gasteiger partial charge in [0.25, 0.3) is 5.91 Å². The second-order valence-electron chi connectivity index (χ2n) is 6.21. The molecule has 1 aliphatic rings. The van der Waals surface area contributed by atoms with Crippen molar-refractivity contribution >= 4 is 17.9 Å². The Hall–Kier alpha value is -2.37. The molecule has 6 nitrogen and oxygen atoms in total. The van der Waals surface area contributed by atoms with Gasteiger partial charge in [-0.1, -0.05) is 37.0 Å². The Kier molecular flexibility index (Phi) is 6.35. The zero-order valence-electron chi connectivity index (χ0n) is 14.1. The fourth-order valence-corrected chi connectivity index (χ4v) is 2.74. The SMILES string of the molecule is Cc1cccc(C(=O)OC(C)C(=O)NC(=O)NC2CCCCC2)c1. The first-order valence-corrected chi connectivity index (χ1v) is 8.34. The van der Waals surface area contributed by atoms with Crippen molar-refractivity contribution in [2.24, 2.45) is 0 Å². The summed E-state index contributed by atoms with van der Waals surface area (Å²) in [5.74, 6) is -1.22. The van der Waals surface area contributed by atoms with Gasteiger partial charge in [0.2, 0.25) is 0 Å². The van der Waals surface area contributed by atoms with Crippen molar-refractivity contribution in [2.45, 2.75) is 58.1 Å². The Bertz CT molecular complexity index is 609. The van der Waals surface area contributed by atoms with Gasteiger partial charge in [-0.3, -0.25) is 10.1 Å². The van der Waals surface area contributed by atoms with Crippen molar-refractivity contribution in [3.63, 3.8) is 0 Å². The van der Waals surface area contributed by atoms with Crippen LogP contribution in [0.5, 0.6) is 0 Å². The van der Waals surface area contributed by atoms with Gasteiger partial charge >= 0.3 is 12.0 Å². The monoisotopic (exact) mass is 332 g/mol. The molecule has 0 spiro atoms. The fraction of sp³-hybridized carbons (Fsp3) is 0.500. The first kappa shape index (κ1) is 18.0. The molecule has 0 heterocycles. The van der Waals surface area contributed by atoms with Crippen LogP contribution in [0.1, 0.15) is 54.9 Å². The number of nitrogens with one attached hydrogen (secondary N) is 2. The summed E-state index contributed by atoms with van der Waals surface area (Å²) < 4.78 is 5.11. The molecule has 2 N–H and O–H groups in total. The molecule has 1 unspecified atom stereocenters. The summed E-state index contributed by atoms with van der Waals surface area (Å²) in [6.07, 6.45) is 4.17. The van der Waals surface area contributed by atoms with Gasteiger partial charge in [-0.15, -0.1) is 0 Å². The van der Waals surface area contributed by atoms with Crippen molar-refractivity contribution in [2.75, 3.05) is 0 Å². The largest absolute Gasteiger partial charge is 0.449 e. The molecule has 24 heavy (non-hydrogen) atoms. The number of urea groups is 1. The van der Waals surface area contributed by atoms with Gasteiger partial charge in [0.15, 0.2) is 6.10 Å². The summed E-state index contributed by atoms with van der Waals surface area (Å²) in [6.45, 7) is 3.30. The van der Waals surface area contributed by atoms with Crippen molar-refractivity contribution in [3.05, 3.63) is 35.4 Å². The first-order chi connectivity index (χ1) is 11.5. The molecule has 1 saturated carbocycles. The van der Waals surface area contributed by atoms with Gasteiger partial charge in [-0.05, 0) is 38.8 Å². The molecular formula is C18H24N2O4. The third kappa shape index (κ3) is 5.37. The van der Waals surface area contributed by atoms with E-state index >= 15 is 0 Å². The minimum Gasteiger partial charge on any atom is -0.449 e. The molecule has 1 atom stereocenters. The molecule has 1 aromatic rings. The molecule has 1 aliphatic carbocycles. The zero-order chi connectivity index (χ0) is 17.5.